The van der Waals surface area contributed by atoms with Crippen molar-refractivity contribution in [3.05, 3.63) is 0 Å². The van der Waals surface area contributed by atoms with Crippen molar-refractivity contribution in [2.45, 2.75) is 32.1 Å². The molecule has 0 aromatic carbocycles. The molecule has 14 heavy (non-hydrogen) atoms. The molecule has 1 saturated heterocycles. The molecule has 2 aliphatic rings. The standard InChI is InChI=1S/C10H19N3O/c11-12-10(14)13-6-4-9(5-7-13)8-2-1-3-8/h8-9H,1-7,11H2,(H,12,14). The van der Waals surface area contributed by atoms with Crippen molar-refractivity contribution in [3.8, 4) is 0 Å². The molecule has 0 aromatic rings. The number of hydrogen-bond acceptors (Lipinski definition) is 2. The van der Waals surface area contributed by atoms with E-state index in [2.05, 4.69) is 5.43 Å². The monoisotopic (exact) mass is 197 g/mol. The SMILES string of the molecule is NNC(=O)N1CCC(C2CCC2)CC1. The van der Waals surface area contributed by atoms with E-state index in [9.17, 15) is 4.79 Å². The molecule has 2 rings (SSSR count). The van der Waals surface area contributed by atoms with Gasteiger partial charge in [-0.25, -0.2) is 10.6 Å². The normalized spacial score (nSPS) is 24.5. The lowest BCUT2D eigenvalue weighted by Crippen LogP contribution is -2.47. The van der Waals surface area contributed by atoms with Crippen molar-refractivity contribution in [3.63, 3.8) is 0 Å². The summed E-state index contributed by atoms with van der Waals surface area (Å²) in [7, 11) is 0. The molecule has 3 N–H and O–H groups in total. The summed E-state index contributed by atoms with van der Waals surface area (Å²) in [4.78, 5) is 13.0. The molecule has 2 amide bonds. The molecule has 4 nitrogen and oxygen atoms in total. The van der Waals surface area contributed by atoms with E-state index < -0.39 is 0 Å². The van der Waals surface area contributed by atoms with E-state index in [1.807, 2.05) is 4.90 Å². The third-order valence-corrected chi connectivity index (χ3v) is 3.77. The van der Waals surface area contributed by atoms with Gasteiger partial charge in [0.2, 0.25) is 0 Å². The number of likely N-dealkylation sites (tertiary alicyclic amines) is 1. The van der Waals surface area contributed by atoms with Gasteiger partial charge in [0.15, 0.2) is 0 Å². The maximum atomic E-state index is 11.2. The second-order valence-corrected chi connectivity index (χ2v) is 4.46. The number of urea groups is 1. The molecule has 0 atom stereocenters. The average Bonchev–Trinajstić information content (AvgIpc) is 2.15. The Morgan fingerprint density at radius 2 is 1.71 bits per heavy atom. The fraction of sp³-hybridized carbons (Fsp3) is 0.900. The Morgan fingerprint density at radius 3 is 2.14 bits per heavy atom. The van der Waals surface area contributed by atoms with E-state index in [1.165, 1.54) is 19.3 Å². The first kappa shape index (κ1) is 9.77. The molecule has 0 radical (unpaired) electrons. The van der Waals surface area contributed by atoms with E-state index in [1.54, 1.807) is 0 Å². The predicted octanol–water partition coefficient (Wildman–Crippen LogP) is 1.08. The summed E-state index contributed by atoms with van der Waals surface area (Å²) in [5, 5.41) is 0. The van der Waals surface area contributed by atoms with Crippen molar-refractivity contribution in [1.29, 1.82) is 0 Å². The molecule has 1 aliphatic heterocycles. The lowest BCUT2D eigenvalue weighted by Gasteiger charge is -2.39. The van der Waals surface area contributed by atoms with Crippen LogP contribution in [0.1, 0.15) is 32.1 Å². The lowest BCUT2D eigenvalue weighted by atomic mass is 9.72. The van der Waals surface area contributed by atoms with Crippen LogP contribution in [-0.4, -0.2) is 24.0 Å². The van der Waals surface area contributed by atoms with Gasteiger partial charge >= 0.3 is 6.03 Å². The minimum Gasteiger partial charge on any atom is -0.324 e. The number of nitrogens with zero attached hydrogens (tertiary/aromatic N) is 1. The van der Waals surface area contributed by atoms with Gasteiger partial charge in [-0.15, -0.1) is 0 Å². The van der Waals surface area contributed by atoms with Crippen LogP contribution in [0.5, 0.6) is 0 Å². The van der Waals surface area contributed by atoms with Crippen molar-refractivity contribution >= 4 is 6.03 Å². The van der Waals surface area contributed by atoms with Crippen LogP contribution in [-0.2, 0) is 0 Å². The van der Waals surface area contributed by atoms with Crippen LogP contribution >= 0.6 is 0 Å². The van der Waals surface area contributed by atoms with Crippen LogP contribution < -0.4 is 11.3 Å². The highest BCUT2D eigenvalue weighted by molar-refractivity contribution is 5.73. The summed E-state index contributed by atoms with van der Waals surface area (Å²) in [6.07, 6.45) is 6.56. The van der Waals surface area contributed by atoms with E-state index >= 15 is 0 Å². The number of amides is 2. The Morgan fingerprint density at radius 1 is 1.14 bits per heavy atom. The lowest BCUT2D eigenvalue weighted by molar-refractivity contribution is 0.117. The van der Waals surface area contributed by atoms with Crippen LogP contribution in [0, 0.1) is 11.8 Å². The topological polar surface area (TPSA) is 58.4 Å². The smallest absolute Gasteiger partial charge is 0.324 e. The van der Waals surface area contributed by atoms with Crippen LogP contribution in [0.15, 0.2) is 0 Å². The summed E-state index contributed by atoms with van der Waals surface area (Å²) < 4.78 is 0. The van der Waals surface area contributed by atoms with Gasteiger partial charge in [0, 0.05) is 13.1 Å². The first-order valence-corrected chi connectivity index (χ1v) is 5.57. The van der Waals surface area contributed by atoms with Gasteiger partial charge in [-0.1, -0.05) is 19.3 Å². The number of rotatable bonds is 1. The second kappa shape index (κ2) is 4.17. The maximum absolute atomic E-state index is 11.2. The number of piperidine rings is 1. The highest BCUT2D eigenvalue weighted by Crippen LogP contribution is 2.38. The van der Waals surface area contributed by atoms with Gasteiger partial charge in [0.05, 0.1) is 0 Å². The van der Waals surface area contributed by atoms with E-state index in [4.69, 9.17) is 5.84 Å². The van der Waals surface area contributed by atoms with E-state index in [-0.39, 0.29) is 6.03 Å². The number of hydrogen-bond donors (Lipinski definition) is 2. The minimum absolute atomic E-state index is 0.128. The van der Waals surface area contributed by atoms with Crippen LogP contribution in [0.3, 0.4) is 0 Å². The Kier molecular flexibility index (Phi) is 2.91. The highest BCUT2D eigenvalue weighted by atomic mass is 16.2. The van der Waals surface area contributed by atoms with Crippen LogP contribution in [0.25, 0.3) is 0 Å². The Balaban J connectivity index is 1.76. The third-order valence-electron chi connectivity index (χ3n) is 3.77. The quantitative estimate of drug-likeness (QED) is 0.375. The molecule has 80 valence electrons. The fourth-order valence-electron chi connectivity index (χ4n) is 2.58. The molecule has 4 heteroatoms. The first-order chi connectivity index (χ1) is 6.81. The van der Waals surface area contributed by atoms with Gasteiger partial charge in [0.25, 0.3) is 0 Å². The molecular formula is C10H19N3O. The molecule has 2 fully saturated rings. The zero-order valence-electron chi connectivity index (χ0n) is 8.54. The Hall–Kier alpha value is -0.770. The van der Waals surface area contributed by atoms with Gasteiger partial charge in [-0.05, 0) is 24.7 Å². The minimum atomic E-state index is -0.128. The zero-order chi connectivity index (χ0) is 9.97. The summed E-state index contributed by atoms with van der Waals surface area (Å²) in [6.45, 7) is 1.76. The third kappa shape index (κ3) is 1.85. The summed E-state index contributed by atoms with van der Waals surface area (Å²) in [5.74, 6) is 6.92. The zero-order valence-corrected chi connectivity index (χ0v) is 8.54. The molecule has 1 saturated carbocycles. The van der Waals surface area contributed by atoms with Gasteiger partial charge in [-0.3, -0.25) is 5.43 Å². The fourth-order valence-corrected chi connectivity index (χ4v) is 2.58. The van der Waals surface area contributed by atoms with E-state index in [0.29, 0.717) is 0 Å². The van der Waals surface area contributed by atoms with E-state index in [0.717, 1.165) is 37.8 Å². The average molecular weight is 197 g/mol. The van der Waals surface area contributed by atoms with Crippen LogP contribution in [0.4, 0.5) is 4.79 Å². The summed E-state index contributed by atoms with van der Waals surface area (Å²) in [5.41, 5.74) is 2.19. The highest BCUT2D eigenvalue weighted by Gasteiger charge is 2.31. The number of carbonyl (C=O) groups is 1. The molecule has 0 spiro atoms. The van der Waals surface area contributed by atoms with Gasteiger partial charge in [-0.2, -0.15) is 0 Å². The van der Waals surface area contributed by atoms with Crippen molar-refractivity contribution in [2.75, 3.05) is 13.1 Å². The summed E-state index contributed by atoms with van der Waals surface area (Å²) in [6, 6.07) is -0.128. The van der Waals surface area contributed by atoms with Crippen LogP contribution in [0.2, 0.25) is 0 Å². The Bertz CT molecular complexity index is 207. The van der Waals surface area contributed by atoms with Crippen molar-refractivity contribution < 1.29 is 4.79 Å². The summed E-state index contributed by atoms with van der Waals surface area (Å²) >= 11 is 0. The van der Waals surface area contributed by atoms with Gasteiger partial charge in [0.1, 0.15) is 0 Å². The number of carbonyl (C=O) groups excluding carboxylic acids is 1. The molecule has 0 bridgehead atoms. The largest absolute Gasteiger partial charge is 0.331 e. The number of hydrazine groups is 1. The van der Waals surface area contributed by atoms with Gasteiger partial charge < -0.3 is 4.90 Å². The second-order valence-electron chi connectivity index (χ2n) is 4.46. The number of nitrogens with one attached hydrogen (secondary N) is 1. The molecule has 1 aliphatic carbocycles. The first-order valence-electron chi connectivity index (χ1n) is 5.57. The predicted molar refractivity (Wildman–Crippen MR) is 54.4 cm³/mol. The molecule has 0 aromatic heterocycles. The molecular weight excluding hydrogens is 178 g/mol. The maximum Gasteiger partial charge on any atom is 0.331 e. The Labute approximate surface area is 84.8 Å². The van der Waals surface area contributed by atoms with Crippen molar-refractivity contribution in [1.82, 2.24) is 10.3 Å². The number of nitrogens with two attached hydrogens (primary N) is 1. The van der Waals surface area contributed by atoms with Crippen molar-refractivity contribution in [2.24, 2.45) is 17.7 Å². The molecule has 1 heterocycles. The molecule has 0 unspecified atom stereocenters.